The molecule has 0 aliphatic carbocycles. The number of hydrogen-bond acceptors (Lipinski definition) is 2. The highest BCUT2D eigenvalue weighted by atomic mass is 16.2. The van der Waals surface area contributed by atoms with Gasteiger partial charge in [0, 0.05) is 43.2 Å². The number of amides is 1. The topological polar surface area (TPSA) is 23.6 Å². The molecular formula is C29H32N2O. The number of para-hydroxylation sites is 1. The van der Waals surface area contributed by atoms with Gasteiger partial charge in [0.25, 0.3) is 0 Å². The Labute approximate surface area is 191 Å². The molecule has 1 amide bonds. The molecule has 3 nitrogen and oxygen atoms in total. The fourth-order valence-corrected chi connectivity index (χ4v) is 5.60. The van der Waals surface area contributed by atoms with E-state index in [-0.39, 0.29) is 5.41 Å². The number of likely N-dealkylation sites (tertiary alicyclic amines) is 1. The van der Waals surface area contributed by atoms with E-state index in [4.69, 9.17) is 0 Å². The molecule has 1 fully saturated rings. The van der Waals surface area contributed by atoms with Crippen molar-refractivity contribution in [2.45, 2.75) is 44.1 Å². The van der Waals surface area contributed by atoms with Crippen molar-refractivity contribution in [1.29, 1.82) is 0 Å². The Balaban J connectivity index is 1.33. The lowest BCUT2D eigenvalue weighted by atomic mass is 9.75. The Hall–Kier alpha value is -2.91. The number of benzene rings is 3. The second-order valence-electron chi connectivity index (χ2n) is 9.46. The zero-order valence-corrected chi connectivity index (χ0v) is 18.9. The van der Waals surface area contributed by atoms with Gasteiger partial charge in [0.15, 0.2) is 0 Å². The summed E-state index contributed by atoms with van der Waals surface area (Å²) in [6.07, 6.45) is 3.56. The third-order valence-electron chi connectivity index (χ3n) is 7.41. The number of carbonyl (C=O) groups is 1. The summed E-state index contributed by atoms with van der Waals surface area (Å²) in [5.41, 5.74) is 5.10. The smallest absolute Gasteiger partial charge is 0.227 e. The second kappa shape index (κ2) is 8.91. The Bertz CT molecular complexity index is 1020. The monoisotopic (exact) mass is 424 g/mol. The zero-order valence-electron chi connectivity index (χ0n) is 18.9. The number of carbonyl (C=O) groups excluding carboxylic acids is 1. The molecule has 0 radical (unpaired) electrons. The predicted molar refractivity (Wildman–Crippen MR) is 131 cm³/mol. The number of aryl methyl sites for hydroxylation is 1. The van der Waals surface area contributed by atoms with E-state index in [1.165, 1.54) is 16.7 Å². The molecule has 0 bridgehead atoms. The molecule has 0 spiro atoms. The average molecular weight is 425 g/mol. The van der Waals surface area contributed by atoms with Gasteiger partial charge in [0.05, 0.1) is 0 Å². The summed E-state index contributed by atoms with van der Waals surface area (Å²) in [6.45, 7) is 5.39. The number of rotatable bonds is 5. The van der Waals surface area contributed by atoms with Crippen LogP contribution in [0.2, 0.25) is 0 Å². The van der Waals surface area contributed by atoms with Crippen LogP contribution in [0.4, 0.5) is 5.69 Å². The number of hydrogen-bond donors (Lipinski definition) is 0. The van der Waals surface area contributed by atoms with E-state index < -0.39 is 0 Å². The van der Waals surface area contributed by atoms with Gasteiger partial charge in [0.1, 0.15) is 0 Å². The van der Waals surface area contributed by atoms with Gasteiger partial charge >= 0.3 is 0 Å². The predicted octanol–water partition coefficient (Wildman–Crippen LogP) is 5.44. The van der Waals surface area contributed by atoms with Crippen molar-refractivity contribution in [2.24, 2.45) is 0 Å². The summed E-state index contributed by atoms with van der Waals surface area (Å²) in [6, 6.07) is 30.5. The third kappa shape index (κ3) is 3.98. The van der Waals surface area contributed by atoms with E-state index in [9.17, 15) is 4.79 Å². The van der Waals surface area contributed by atoms with Gasteiger partial charge in [-0.1, -0.05) is 85.8 Å². The summed E-state index contributed by atoms with van der Waals surface area (Å²) in [7, 11) is 0. The minimum absolute atomic E-state index is 0.0666. The second-order valence-corrected chi connectivity index (χ2v) is 9.46. The maximum atomic E-state index is 12.8. The van der Waals surface area contributed by atoms with Gasteiger partial charge in [-0.15, -0.1) is 0 Å². The highest BCUT2D eigenvalue weighted by Crippen LogP contribution is 2.36. The standard InChI is InChI=1S/C29H32N2O/c1-29(24-11-4-2-5-12-24,25-13-6-3-7-14-25)22-30-20-18-26(19-21-30)31-27-15-9-8-10-23(27)16-17-28(31)32/h2-15,26H,16-22H2,1H3. The molecular weight excluding hydrogens is 392 g/mol. The molecule has 3 heteroatoms. The van der Waals surface area contributed by atoms with Crippen molar-refractivity contribution in [2.75, 3.05) is 24.5 Å². The quantitative estimate of drug-likeness (QED) is 0.545. The number of piperidine rings is 1. The van der Waals surface area contributed by atoms with Crippen molar-refractivity contribution in [3.8, 4) is 0 Å². The lowest BCUT2D eigenvalue weighted by Gasteiger charge is -2.43. The van der Waals surface area contributed by atoms with Crippen molar-refractivity contribution in [3.05, 3.63) is 102 Å². The maximum Gasteiger partial charge on any atom is 0.227 e. The molecule has 0 saturated carbocycles. The van der Waals surface area contributed by atoms with Crippen LogP contribution < -0.4 is 4.90 Å². The number of fused-ring (bicyclic) bond motifs is 1. The first-order valence-electron chi connectivity index (χ1n) is 11.9. The van der Waals surface area contributed by atoms with E-state index in [0.717, 1.165) is 44.6 Å². The molecule has 0 atom stereocenters. The van der Waals surface area contributed by atoms with Crippen LogP contribution in [0.5, 0.6) is 0 Å². The third-order valence-corrected chi connectivity index (χ3v) is 7.41. The Morgan fingerprint density at radius 2 is 1.34 bits per heavy atom. The van der Waals surface area contributed by atoms with Crippen LogP contribution in [0.3, 0.4) is 0 Å². The van der Waals surface area contributed by atoms with Crippen molar-refractivity contribution >= 4 is 11.6 Å². The Morgan fingerprint density at radius 1 is 0.781 bits per heavy atom. The number of nitrogens with zero attached hydrogens (tertiary/aromatic N) is 2. The SMILES string of the molecule is CC(CN1CCC(N2C(=O)CCc3ccccc32)CC1)(c1ccccc1)c1ccccc1. The zero-order chi connectivity index (χ0) is 22.0. The van der Waals surface area contributed by atoms with Crippen molar-refractivity contribution < 1.29 is 4.79 Å². The summed E-state index contributed by atoms with van der Waals surface area (Å²) >= 11 is 0. The molecule has 3 aromatic carbocycles. The molecule has 2 aliphatic heterocycles. The van der Waals surface area contributed by atoms with E-state index in [1.807, 2.05) is 0 Å². The van der Waals surface area contributed by atoms with Crippen LogP contribution in [0, 0.1) is 0 Å². The van der Waals surface area contributed by atoms with E-state index in [0.29, 0.717) is 18.4 Å². The van der Waals surface area contributed by atoms with Crippen LogP contribution in [0.15, 0.2) is 84.9 Å². The van der Waals surface area contributed by atoms with Crippen LogP contribution >= 0.6 is 0 Å². The van der Waals surface area contributed by atoms with Crippen molar-refractivity contribution in [3.63, 3.8) is 0 Å². The van der Waals surface area contributed by atoms with Crippen LogP contribution in [0.25, 0.3) is 0 Å². The van der Waals surface area contributed by atoms with E-state index >= 15 is 0 Å². The molecule has 164 valence electrons. The lowest BCUT2D eigenvalue weighted by Crippen LogP contribution is -2.51. The first-order chi connectivity index (χ1) is 15.6. The first-order valence-corrected chi connectivity index (χ1v) is 11.9. The summed E-state index contributed by atoms with van der Waals surface area (Å²) in [5.74, 6) is 0.292. The molecule has 5 rings (SSSR count). The van der Waals surface area contributed by atoms with Gasteiger partial charge in [-0.2, -0.15) is 0 Å². The molecule has 0 N–H and O–H groups in total. The fraction of sp³-hybridized carbons (Fsp3) is 0.345. The Morgan fingerprint density at radius 3 is 1.97 bits per heavy atom. The number of anilines is 1. The van der Waals surface area contributed by atoms with Crippen LogP contribution in [0.1, 0.15) is 42.9 Å². The molecule has 3 aromatic rings. The molecule has 32 heavy (non-hydrogen) atoms. The van der Waals surface area contributed by atoms with Crippen molar-refractivity contribution in [1.82, 2.24) is 4.90 Å². The normalized spacial score (nSPS) is 17.9. The van der Waals surface area contributed by atoms with Crippen LogP contribution in [-0.2, 0) is 16.6 Å². The molecule has 0 unspecified atom stereocenters. The average Bonchev–Trinajstić information content (AvgIpc) is 2.86. The summed E-state index contributed by atoms with van der Waals surface area (Å²) < 4.78 is 0. The lowest BCUT2D eigenvalue weighted by molar-refractivity contribution is -0.119. The van der Waals surface area contributed by atoms with Crippen LogP contribution in [-0.4, -0.2) is 36.5 Å². The van der Waals surface area contributed by atoms with E-state index in [2.05, 4.69) is 102 Å². The molecule has 0 aromatic heterocycles. The summed E-state index contributed by atoms with van der Waals surface area (Å²) in [5, 5.41) is 0. The molecule has 2 aliphatic rings. The highest BCUT2D eigenvalue weighted by Gasteiger charge is 2.36. The highest BCUT2D eigenvalue weighted by molar-refractivity contribution is 5.97. The molecule has 1 saturated heterocycles. The fourth-order valence-electron chi connectivity index (χ4n) is 5.60. The Kier molecular flexibility index (Phi) is 5.84. The largest absolute Gasteiger partial charge is 0.309 e. The molecule has 2 heterocycles. The maximum absolute atomic E-state index is 12.8. The van der Waals surface area contributed by atoms with E-state index in [1.54, 1.807) is 0 Å². The van der Waals surface area contributed by atoms with Gasteiger partial charge in [-0.3, -0.25) is 4.79 Å². The first kappa shape index (κ1) is 21.0. The van der Waals surface area contributed by atoms with Gasteiger partial charge in [-0.25, -0.2) is 0 Å². The minimum Gasteiger partial charge on any atom is -0.309 e. The van der Waals surface area contributed by atoms with Gasteiger partial charge in [-0.05, 0) is 42.0 Å². The minimum atomic E-state index is -0.0666. The van der Waals surface area contributed by atoms with Gasteiger partial charge < -0.3 is 9.80 Å². The van der Waals surface area contributed by atoms with Gasteiger partial charge in [0.2, 0.25) is 5.91 Å². The summed E-state index contributed by atoms with van der Waals surface area (Å²) in [4.78, 5) is 17.6.